The molecule has 1 aromatic rings. The SMILES string of the molecule is Cc1ccc(N2CC(C)N(C)C(C)C2)c(C(=O)O)c1. The van der Waals surface area contributed by atoms with Crippen LogP contribution in [0.3, 0.4) is 0 Å². The van der Waals surface area contributed by atoms with Gasteiger partial charge in [0, 0.05) is 25.2 Å². The van der Waals surface area contributed by atoms with Gasteiger partial charge in [0.15, 0.2) is 0 Å². The first-order valence-corrected chi connectivity index (χ1v) is 6.71. The number of anilines is 1. The minimum Gasteiger partial charge on any atom is -0.478 e. The normalized spacial score (nSPS) is 24.5. The Hall–Kier alpha value is -1.55. The zero-order chi connectivity index (χ0) is 14.2. The van der Waals surface area contributed by atoms with Gasteiger partial charge in [-0.3, -0.25) is 4.90 Å². The van der Waals surface area contributed by atoms with E-state index in [0.29, 0.717) is 17.6 Å². The highest BCUT2D eigenvalue weighted by atomic mass is 16.4. The van der Waals surface area contributed by atoms with Gasteiger partial charge < -0.3 is 10.0 Å². The van der Waals surface area contributed by atoms with E-state index in [2.05, 4.69) is 30.7 Å². The van der Waals surface area contributed by atoms with Crippen molar-refractivity contribution in [3.63, 3.8) is 0 Å². The highest BCUT2D eigenvalue weighted by Gasteiger charge is 2.28. The summed E-state index contributed by atoms with van der Waals surface area (Å²) in [7, 11) is 2.12. The number of rotatable bonds is 2. The molecule has 1 N–H and O–H groups in total. The first-order chi connectivity index (χ1) is 8.90. The van der Waals surface area contributed by atoms with Crippen LogP contribution >= 0.6 is 0 Å². The van der Waals surface area contributed by atoms with E-state index in [9.17, 15) is 9.90 Å². The smallest absolute Gasteiger partial charge is 0.337 e. The zero-order valence-corrected chi connectivity index (χ0v) is 12.1. The lowest BCUT2D eigenvalue weighted by Crippen LogP contribution is -2.55. The number of aryl methyl sites for hydroxylation is 1. The topological polar surface area (TPSA) is 43.8 Å². The van der Waals surface area contributed by atoms with Crippen LogP contribution in [-0.2, 0) is 0 Å². The minimum absolute atomic E-state index is 0.406. The standard InChI is InChI=1S/C15H22N2O2/c1-10-5-6-14(13(7-10)15(18)19)17-8-11(2)16(4)12(3)9-17/h5-7,11-12H,8-9H2,1-4H3,(H,18,19). The van der Waals surface area contributed by atoms with Crippen molar-refractivity contribution in [3.05, 3.63) is 29.3 Å². The van der Waals surface area contributed by atoms with Crippen molar-refractivity contribution in [1.29, 1.82) is 0 Å². The Morgan fingerprint density at radius 2 is 1.84 bits per heavy atom. The van der Waals surface area contributed by atoms with Crippen LogP contribution in [0.1, 0.15) is 29.8 Å². The third-order valence-corrected chi connectivity index (χ3v) is 4.08. The number of carboxylic acids is 1. The average molecular weight is 262 g/mol. The third-order valence-electron chi connectivity index (χ3n) is 4.08. The number of piperazine rings is 1. The van der Waals surface area contributed by atoms with Crippen LogP contribution in [0.4, 0.5) is 5.69 Å². The summed E-state index contributed by atoms with van der Waals surface area (Å²) in [6, 6.07) is 6.52. The molecule has 0 aromatic heterocycles. The highest BCUT2D eigenvalue weighted by molar-refractivity contribution is 5.94. The quantitative estimate of drug-likeness (QED) is 0.887. The largest absolute Gasteiger partial charge is 0.478 e. The summed E-state index contributed by atoms with van der Waals surface area (Å²) in [5.41, 5.74) is 2.23. The van der Waals surface area contributed by atoms with Crippen molar-refractivity contribution in [2.45, 2.75) is 32.9 Å². The summed E-state index contributed by atoms with van der Waals surface area (Å²) in [5.74, 6) is -0.849. The number of carboxylic acid groups (broad SMARTS) is 1. The Morgan fingerprint density at radius 3 is 2.37 bits per heavy atom. The average Bonchev–Trinajstić information content (AvgIpc) is 2.35. The van der Waals surface area contributed by atoms with E-state index in [1.807, 2.05) is 19.1 Å². The molecular weight excluding hydrogens is 240 g/mol. The van der Waals surface area contributed by atoms with Gasteiger partial charge in [-0.05, 0) is 40.0 Å². The number of likely N-dealkylation sites (N-methyl/N-ethyl adjacent to an activating group) is 1. The molecule has 0 amide bonds. The molecular formula is C15H22N2O2. The van der Waals surface area contributed by atoms with Gasteiger partial charge in [-0.15, -0.1) is 0 Å². The second kappa shape index (κ2) is 5.21. The first-order valence-electron chi connectivity index (χ1n) is 6.71. The van der Waals surface area contributed by atoms with Crippen LogP contribution in [0.15, 0.2) is 18.2 Å². The molecule has 4 heteroatoms. The number of hydrogen-bond acceptors (Lipinski definition) is 3. The highest BCUT2D eigenvalue weighted by Crippen LogP contribution is 2.26. The Kier molecular flexibility index (Phi) is 3.80. The van der Waals surface area contributed by atoms with Crippen molar-refractivity contribution in [1.82, 2.24) is 4.90 Å². The molecule has 1 aromatic carbocycles. The van der Waals surface area contributed by atoms with Gasteiger partial charge >= 0.3 is 5.97 Å². The molecule has 2 unspecified atom stereocenters. The van der Waals surface area contributed by atoms with Crippen LogP contribution in [0.5, 0.6) is 0 Å². The molecule has 104 valence electrons. The van der Waals surface area contributed by atoms with Crippen molar-refractivity contribution < 1.29 is 9.90 Å². The second-order valence-electron chi connectivity index (χ2n) is 5.59. The van der Waals surface area contributed by atoms with Crippen molar-refractivity contribution in [3.8, 4) is 0 Å². The maximum atomic E-state index is 11.4. The first kappa shape index (κ1) is 13.9. The molecule has 1 heterocycles. The molecule has 0 saturated carbocycles. The van der Waals surface area contributed by atoms with Gasteiger partial charge in [0.25, 0.3) is 0 Å². The van der Waals surface area contributed by atoms with Crippen LogP contribution < -0.4 is 4.90 Å². The molecule has 1 fully saturated rings. The maximum Gasteiger partial charge on any atom is 0.337 e. The number of aromatic carboxylic acids is 1. The van der Waals surface area contributed by atoms with Gasteiger partial charge in [-0.2, -0.15) is 0 Å². The summed E-state index contributed by atoms with van der Waals surface area (Å²) in [6.45, 7) is 8.01. The second-order valence-corrected chi connectivity index (χ2v) is 5.59. The number of carbonyl (C=O) groups is 1. The van der Waals surface area contributed by atoms with E-state index in [-0.39, 0.29) is 0 Å². The molecule has 1 saturated heterocycles. The third kappa shape index (κ3) is 2.73. The number of hydrogen-bond donors (Lipinski definition) is 1. The van der Waals surface area contributed by atoms with Gasteiger partial charge in [-0.1, -0.05) is 11.6 Å². The molecule has 0 bridgehead atoms. The Bertz CT molecular complexity index is 475. The van der Waals surface area contributed by atoms with E-state index >= 15 is 0 Å². The lowest BCUT2D eigenvalue weighted by Gasteiger charge is -2.43. The zero-order valence-electron chi connectivity index (χ0n) is 12.1. The van der Waals surface area contributed by atoms with E-state index < -0.39 is 5.97 Å². The monoisotopic (exact) mass is 262 g/mol. The van der Waals surface area contributed by atoms with Crippen LogP contribution in [0.2, 0.25) is 0 Å². The molecule has 4 nitrogen and oxygen atoms in total. The molecule has 0 spiro atoms. The molecule has 1 aliphatic rings. The Labute approximate surface area is 114 Å². The summed E-state index contributed by atoms with van der Waals surface area (Å²) in [4.78, 5) is 15.9. The number of benzene rings is 1. The van der Waals surface area contributed by atoms with Gasteiger partial charge in [-0.25, -0.2) is 4.79 Å². The fourth-order valence-corrected chi connectivity index (χ4v) is 2.70. The van der Waals surface area contributed by atoms with E-state index in [1.165, 1.54) is 0 Å². The molecule has 1 aliphatic heterocycles. The lowest BCUT2D eigenvalue weighted by atomic mass is 10.0. The van der Waals surface area contributed by atoms with Crippen molar-refractivity contribution >= 4 is 11.7 Å². The van der Waals surface area contributed by atoms with E-state index in [1.54, 1.807) is 6.07 Å². The molecule has 2 rings (SSSR count). The van der Waals surface area contributed by atoms with E-state index in [0.717, 1.165) is 24.3 Å². The number of nitrogens with zero attached hydrogens (tertiary/aromatic N) is 2. The Morgan fingerprint density at radius 1 is 1.26 bits per heavy atom. The summed E-state index contributed by atoms with van der Waals surface area (Å²) in [5, 5.41) is 9.37. The maximum absolute atomic E-state index is 11.4. The summed E-state index contributed by atoms with van der Waals surface area (Å²) < 4.78 is 0. The molecule has 2 atom stereocenters. The molecule has 19 heavy (non-hydrogen) atoms. The molecule has 0 radical (unpaired) electrons. The van der Waals surface area contributed by atoms with Crippen molar-refractivity contribution in [2.75, 3.05) is 25.0 Å². The summed E-state index contributed by atoms with van der Waals surface area (Å²) in [6.07, 6.45) is 0. The fraction of sp³-hybridized carbons (Fsp3) is 0.533. The predicted octanol–water partition coefficient (Wildman–Crippen LogP) is 2.22. The Balaban J connectivity index is 2.34. The van der Waals surface area contributed by atoms with Crippen LogP contribution in [0, 0.1) is 6.92 Å². The van der Waals surface area contributed by atoms with Gasteiger partial charge in [0.1, 0.15) is 0 Å². The van der Waals surface area contributed by atoms with Crippen LogP contribution in [-0.4, -0.2) is 48.2 Å². The molecule has 0 aliphatic carbocycles. The van der Waals surface area contributed by atoms with Crippen molar-refractivity contribution in [2.24, 2.45) is 0 Å². The van der Waals surface area contributed by atoms with E-state index in [4.69, 9.17) is 0 Å². The predicted molar refractivity (Wildman–Crippen MR) is 77.0 cm³/mol. The minimum atomic E-state index is -0.849. The fourth-order valence-electron chi connectivity index (χ4n) is 2.70. The summed E-state index contributed by atoms with van der Waals surface area (Å²) >= 11 is 0. The van der Waals surface area contributed by atoms with Crippen LogP contribution in [0.25, 0.3) is 0 Å². The lowest BCUT2D eigenvalue weighted by molar-refractivity contribution is 0.0696. The van der Waals surface area contributed by atoms with Gasteiger partial charge in [0.2, 0.25) is 0 Å². The van der Waals surface area contributed by atoms with Gasteiger partial charge in [0.05, 0.1) is 11.3 Å².